The number of hydrogen-bond acceptors (Lipinski definition) is 4. The molecule has 11 heteroatoms. The molecule has 214 valence electrons. The number of anilines is 2. The van der Waals surface area contributed by atoms with Crippen molar-refractivity contribution in [2.75, 3.05) is 10.6 Å². The van der Waals surface area contributed by atoms with Crippen LogP contribution in [-0.4, -0.2) is 29.8 Å². The molecule has 0 radical (unpaired) electrons. The summed E-state index contributed by atoms with van der Waals surface area (Å²) >= 11 is 12.3. The first-order chi connectivity index (χ1) is 19.3. The first-order valence-corrected chi connectivity index (χ1v) is 13.7. The molecular weight excluding hydrogens is 573 g/mol. The van der Waals surface area contributed by atoms with Crippen LogP contribution in [0.2, 0.25) is 10.0 Å². The van der Waals surface area contributed by atoms with Gasteiger partial charge in [0.05, 0.1) is 21.8 Å². The van der Waals surface area contributed by atoms with Gasteiger partial charge in [-0.3, -0.25) is 14.4 Å². The average Bonchev–Trinajstić information content (AvgIpc) is 3.38. The van der Waals surface area contributed by atoms with E-state index in [1.54, 1.807) is 12.1 Å². The van der Waals surface area contributed by atoms with Crippen molar-refractivity contribution in [2.45, 2.75) is 50.6 Å². The van der Waals surface area contributed by atoms with Crippen LogP contribution < -0.4 is 21.7 Å². The van der Waals surface area contributed by atoms with E-state index in [1.165, 1.54) is 42.5 Å². The van der Waals surface area contributed by atoms with Gasteiger partial charge in [-0.25, -0.2) is 8.78 Å². The lowest BCUT2D eigenvalue weighted by Crippen LogP contribution is -2.49. The van der Waals surface area contributed by atoms with Gasteiger partial charge in [-0.2, -0.15) is 0 Å². The van der Waals surface area contributed by atoms with Crippen LogP contribution >= 0.6 is 23.2 Å². The fourth-order valence-corrected chi connectivity index (χ4v) is 6.46. The van der Waals surface area contributed by atoms with Gasteiger partial charge < -0.3 is 21.7 Å². The minimum Gasteiger partial charge on any atom is -0.366 e. The third-order valence-electron chi connectivity index (χ3n) is 7.76. The van der Waals surface area contributed by atoms with Crippen molar-refractivity contribution in [1.29, 1.82) is 0 Å². The van der Waals surface area contributed by atoms with E-state index in [1.807, 2.05) is 20.8 Å². The number of benzene rings is 3. The van der Waals surface area contributed by atoms with Crippen molar-refractivity contribution in [1.82, 2.24) is 5.32 Å². The molecular formula is C30H28Cl2F2N4O3. The molecule has 4 atom stereocenters. The van der Waals surface area contributed by atoms with Gasteiger partial charge in [0.2, 0.25) is 17.7 Å². The van der Waals surface area contributed by atoms with Crippen LogP contribution in [0.5, 0.6) is 0 Å². The van der Waals surface area contributed by atoms with Crippen molar-refractivity contribution in [2.24, 2.45) is 11.1 Å². The molecule has 2 aliphatic rings. The maximum Gasteiger partial charge on any atom is 0.248 e. The number of nitrogens with two attached hydrogens (primary N) is 1. The second kappa shape index (κ2) is 10.4. The molecule has 0 aliphatic carbocycles. The number of halogens is 4. The Bertz CT molecular complexity index is 1580. The van der Waals surface area contributed by atoms with Crippen LogP contribution in [0, 0.1) is 17.0 Å². The SMILES string of the molecule is CC(C)(C)C[C@@H]1N[C@@H](C(=O)Nc2ccc(C(N)=O)cc2)[C@H](c2cccc(Cl)c2F)[C@]12C(=O)Nc1c2ccc(Cl)c1F. The summed E-state index contributed by atoms with van der Waals surface area (Å²) < 4.78 is 31.1. The molecule has 0 unspecified atom stereocenters. The zero-order valence-corrected chi connectivity index (χ0v) is 24.0. The van der Waals surface area contributed by atoms with Gasteiger partial charge in [-0.05, 0) is 59.4 Å². The first kappa shape index (κ1) is 29.0. The summed E-state index contributed by atoms with van der Waals surface area (Å²) in [7, 11) is 0. The summed E-state index contributed by atoms with van der Waals surface area (Å²) in [5.74, 6) is -4.50. The molecule has 0 saturated carbocycles. The number of nitrogens with one attached hydrogen (secondary N) is 3. The van der Waals surface area contributed by atoms with Crippen LogP contribution in [0.4, 0.5) is 20.2 Å². The number of carbonyl (C=O) groups is 3. The molecule has 3 aromatic carbocycles. The monoisotopic (exact) mass is 600 g/mol. The lowest BCUT2D eigenvalue weighted by atomic mass is 9.62. The summed E-state index contributed by atoms with van der Waals surface area (Å²) in [4.78, 5) is 39.6. The second-order valence-corrected chi connectivity index (χ2v) is 12.4. The maximum atomic E-state index is 15.8. The van der Waals surface area contributed by atoms with E-state index in [9.17, 15) is 14.4 Å². The Balaban J connectivity index is 1.71. The summed E-state index contributed by atoms with van der Waals surface area (Å²) in [6.07, 6.45) is 0.375. The van der Waals surface area contributed by atoms with Crippen LogP contribution in [-0.2, 0) is 15.0 Å². The molecule has 3 amide bonds. The largest absolute Gasteiger partial charge is 0.366 e. The second-order valence-electron chi connectivity index (χ2n) is 11.6. The number of primary amides is 1. The fraction of sp³-hybridized carbons (Fsp3) is 0.300. The van der Waals surface area contributed by atoms with E-state index in [0.717, 1.165) is 0 Å². The third-order valence-corrected chi connectivity index (χ3v) is 8.35. The molecule has 41 heavy (non-hydrogen) atoms. The van der Waals surface area contributed by atoms with Gasteiger partial charge in [0.15, 0.2) is 5.82 Å². The molecule has 2 aliphatic heterocycles. The lowest BCUT2D eigenvalue weighted by Gasteiger charge is -2.37. The molecule has 0 bridgehead atoms. The standard InChI is InChI=1S/C30H28Cl2F2N4O3/c1-29(2,3)13-20-30(17-11-12-19(32)23(34)24(17)38-28(30)41)21(16-5-4-6-18(31)22(16)33)25(37-20)27(40)36-15-9-7-14(8-10-15)26(35)39/h4-12,20-21,25,37H,13H2,1-3H3,(H2,35,39)(H,36,40)(H,38,41)/t20-,21-,25+,30+/m0/s1. The van der Waals surface area contributed by atoms with Crippen molar-refractivity contribution < 1.29 is 23.2 Å². The third kappa shape index (κ3) is 4.86. The van der Waals surface area contributed by atoms with Crippen molar-refractivity contribution >= 4 is 52.3 Å². The van der Waals surface area contributed by atoms with Crippen molar-refractivity contribution in [3.8, 4) is 0 Å². The van der Waals surface area contributed by atoms with Crippen LogP contribution in [0.25, 0.3) is 0 Å². The van der Waals surface area contributed by atoms with Gasteiger partial charge in [0.1, 0.15) is 11.2 Å². The van der Waals surface area contributed by atoms with E-state index in [4.69, 9.17) is 28.9 Å². The molecule has 7 nitrogen and oxygen atoms in total. The number of rotatable bonds is 5. The predicted octanol–water partition coefficient (Wildman–Crippen LogP) is 5.76. The van der Waals surface area contributed by atoms with E-state index >= 15 is 8.78 Å². The molecule has 1 fully saturated rings. The number of amides is 3. The van der Waals surface area contributed by atoms with Gasteiger partial charge >= 0.3 is 0 Å². The van der Waals surface area contributed by atoms with Gasteiger partial charge in [0.25, 0.3) is 0 Å². The minimum absolute atomic E-state index is 0.0315. The highest BCUT2D eigenvalue weighted by atomic mass is 35.5. The van der Waals surface area contributed by atoms with Crippen LogP contribution in [0.1, 0.15) is 54.6 Å². The smallest absolute Gasteiger partial charge is 0.248 e. The zero-order chi connectivity index (χ0) is 29.9. The Morgan fingerprint density at radius 1 is 1.00 bits per heavy atom. The number of fused-ring (bicyclic) bond motifs is 2. The highest BCUT2D eigenvalue weighted by Crippen LogP contribution is 2.57. The normalized spacial score (nSPS) is 23.4. The van der Waals surface area contributed by atoms with Crippen molar-refractivity contribution in [3.63, 3.8) is 0 Å². The Kier molecular flexibility index (Phi) is 7.34. The lowest BCUT2D eigenvalue weighted by molar-refractivity contribution is -0.122. The summed E-state index contributed by atoms with van der Waals surface area (Å²) in [6, 6.07) is 11.4. The first-order valence-electron chi connectivity index (χ1n) is 13.0. The summed E-state index contributed by atoms with van der Waals surface area (Å²) in [6.45, 7) is 5.92. The van der Waals surface area contributed by atoms with Crippen LogP contribution in [0.3, 0.4) is 0 Å². The maximum absolute atomic E-state index is 15.8. The summed E-state index contributed by atoms with van der Waals surface area (Å²) in [5, 5.41) is 8.40. The van der Waals surface area contributed by atoms with Gasteiger partial charge in [0, 0.05) is 23.2 Å². The molecule has 1 spiro atoms. The van der Waals surface area contributed by atoms with E-state index < -0.39 is 52.8 Å². The van der Waals surface area contributed by atoms with Gasteiger partial charge in [-0.1, -0.05) is 62.2 Å². The predicted molar refractivity (Wildman–Crippen MR) is 154 cm³/mol. The Morgan fingerprint density at radius 3 is 2.29 bits per heavy atom. The highest BCUT2D eigenvalue weighted by Gasteiger charge is 2.66. The minimum atomic E-state index is -1.60. The van der Waals surface area contributed by atoms with Crippen molar-refractivity contribution in [3.05, 3.63) is 93.0 Å². The molecule has 3 aromatic rings. The zero-order valence-electron chi connectivity index (χ0n) is 22.4. The van der Waals surface area contributed by atoms with Crippen LogP contribution in [0.15, 0.2) is 54.6 Å². The molecule has 0 aromatic heterocycles. The Hall–Kier alpha value is -3.53. The topological polar surface area (TPSA) is 113 Å². The summed E-state index contributed by atoms with van der Waals surface area (Å²) in [5.41, 5.74) is 4.19. The number of carbonyl (C=O) groups excluding carboxylic acids is 3. The Labute approximate surface area is 245 Å². The molecule has 5 N–H and O–H groups in total. The average molecular weight is 601 g/mol. The highest BCUT2D eigenvalue weighted by molar-refractivity contribution is 6.31. The number of hydrogen-bond donors (Lipinski definition) is 4. The van der Waals surface area contributed by atoms with E-state index in [2.05, 4.69) is 16.0 Å². The van der Waals surface area contributed by atoms with Gasteiger partial charge in [-0.15, -0.1) is 0 Å². The quantitative estimate of drug-likeness (QED) is 0.298. The Morgan fingerprint density at radius 2 is 1.66 bits per heavy atom. The van der Waals surface area contributed by atoms with E-state index in [-0.39, 0.29) is 37.8 Å². The van der Waals surface area contributed by atoms with E-state index in [0.29, 0.717) is 12.1 Å². The molecule has 5 rings (SSSR count). The fourth-order valence-electron chi connectivity index (χ4n) is 6.12. The molecule has 1 saturated heterocycles. The molecule has 2 heterocycles.